The van der Waals surface area contributed by atoms with Gasteiger partial charge >= 0.3 is 5.97 Å². The van der Waals surface area contributed by atoms with Gasteiger partial charge in [-0.05, 0) is 18.9 Å². The van der Waals surface area contributed by atoms with Gasteiger partial charge in [0, 0.05) is 18.5 Å². The summed E-state index contributed by atoms with van der Waals surface area (Å²) in [6, 6.07) is 8.42. The molecule has 0 aliphatic carbocycles. The van der Waals surface area contributed by atoms with E-state index in [9.17, 15) is 14.4 Å². The van der Waals surface area contributed by atoms with Crippen LogP contribution in [0.25, 0.3) is 10.9 Å². The number of carbonyl (C=O) groups excluding carboxylic acids is 1. The molecule has 2 rings (SSSR count). The first-order valence-electron chi connectivity index (χ1n) is 7.79. The maximum atomic E-state index is 12.8. The molecule has 0 aliphatic rings. The van der Waals surface area contributed by atoms with E-state index < -0.39 is 17.4 Å². The smallest absolute Gasteiger partial charge is 0.305 e. The number of carboxylic acids is 1. The molecule has 1 heterocycles. The van der Waals surface area contributed by atoms with Gasteiger partial charge in [0.05, 0.1) is 23.0 Å². The zero-order chi connectivity index (χ0) is 18.1. The summed E-state index contributed by atoms with van der Waals surface area (Å²) < 4.78 is 1.48. The van der Waals surface area contributed by atoms with Crippen molar-refractivity contribution in [2.75, 3.05) is 0 Å². The van der Waals surface area contributed by atoms with Crippen LogP contribution in [0.4, 0.5) is 0 Å². The van der Waals surface area contributed by atoms with Crippen LogP contribution in [0.3, 0.4) is 0 Å². The van der Waals surface area contributed by atoms with E-state index in [2.05, 4.69) is 5.32 Å². The Bertz CT molecular complexity index is 854. The van der Waals surface area contributed by atoms with Crippen molar-refractivity contribution >= 4 is 22.8 Å². The second-order valence-electron chi connectivity index (χ2n) is 6.57. The summed E-state index contributed by atoms with van der Waals surface area (Å²) in [6.45, 7) is 5.41. The van der Waals surface area contributed by atoms with Gasteiger partial charge in [-0.25, -0.2) is 0 Å². The highest BCUT2D eigenvalue weighted by molar-refractivity contribution is 6.06. The molecule has 1 amide bonds. The Morgan fingerprint density at radius 3 is 2.50 bits per heavy atom. The van der Waals surface area contributed by atoms with Crippen LogP contribution in [0.1, 0.15) is 37.6 Å². The van der Waals surface area contributed by atoms with Crippen LogP contribution in [0.2, 0.25) is 0 Å². The molecule has 24 heavy (non-hydrogen) atoms. The molecule has 6 heteroatoms. The van der Waals surface area contributed by atoms with Gasteiger partial charge < -0.3 is 15.0 Å². The van der Waals surface area contributed by atoms with Crippen molar-refractivity contribution in [1.29, 1.82) is 0 Å². The summed E-state index contributed by atoms with van der Waals surface area (Å²) >= 11 is 0. The van der Waals surface area contributed by atoms with E-state index in [1.54, 1.807) is 38.2 Å². The zero-order valence-electron chi connectivity index (χ0n) is 14.3. The molecule has 1 unspecified atom stereocenters. The largest absolute Gasteiger partial charge is 0.481 e. The normalized spacial score (nSPS) is 13.7. The number of pyridine rings is 1. The minimum atomic E-state index is -0.986. The van der Waals surface area contributed by atoms with E-state index in [-0.39, 0.29) is 23.5 Å². The third-order valence-electron chi connectivity index (χ3n) is 4.59. The maximum absolute atomic E-state index is 12.8. The molecule has 0 saturated heterocycles. The Kier molecular flexibility index (Phi) is 4.78. The number of carboxylic acid groups (broad SMARTS) is 1. The van der Waals surface area contributed by atoms with Crippen molar-refractivity contribution in [1.82, 2.24) is 9.88 Å². The fourth-order valence-electron chi connectivity index (χ4n) is 2.63. The molecule has 1 atom stereocenters. The molecule has 1 aromatic carbocycles. The number of nitrogens with zero attached hydrogens (tertiary/aromatic N) is 1. The van der Waals surface area contributed by atoms with Crippen molar-refractivity contribution in [2.45, 2.75) is 32.7 Å². The van der Waals surface area contributed by atoms with Crippen molar-refractivity contribution in [3.8, 4) is 0 Å². The van der Waals surface area contributed by atoms with Gasteiger partial charge in [-0.2, -0.15) is 0 Å². The first-order valence-corrected chi connectivity index (χ1v) is 7.79. The lowest BCUT2D eigenvalue weighted by Gasteiger charge is -2.33. The molecule has 0 saturated carbocycles. The van der Waals surface area contributed by atoms with E-state index in [0.29, 0.717) is 10.9 Å². The predicted molar refractivity (Wildman–Crippen MR) is 92.2 cm³/mol. The van der Waals surface area contributed by atoms with Crippen LogP contribution < -0.4 is 10.9 Å². The predicted octanol–water partition coefficient (Wildman–Crippen LogP) is 2.16. The number of hydrogen-bond acceptors (Lipinski definition) is 3. The number of hydrogen-bond donors (Lipinski definition) is 2. The Labute approximate surface area is 140 Å². The third kappa shape index (κ3) is 3.32. The average molecular weight is 330 g/mol. The van der Waals surface area contributed by atoms with E-state index in [1.165, 1.54) is 10.6 Å². The number of carbonyl (C=O) groups is 2. The lowest BCUT2D eigenvalue weighted by atomic mass is 9.85. The molecule has 6 nitrogen and oxygen atoms in total. The lowest BCUT2D eigenvalue weighted by molar-refractivity contribution is -0.138. The lowest BCUT2D eigenvalue weighted by Crippen LogP contribution is -2.51. The molecule has 0 spiro atoms. The van der Waals surface area contributed by atoms with Crippen molar-refractivity contribution < 1.29 is 14.7 Å². The molecular formula is C18H22N2O4. The summed E-state index contributed by atoms with van der Waals surface area (Å²) in [5.74, 6) is -1.52. The maximum Gasteiger partial charge on any atom is 0.305 e. The van der Waals surface area contributed by atoms with Crippen LogP contribution >= 0.6 is 0 Å². The second kappa shape index (κ2) is 6.47. The second-order valence-corrected chi connectivity index (χ2v) is 6.57. The highest BCUT2D eigenvalue weighted by Crippen LogP contribution is 2.23. The summed E-state index contributed by atoms with van der Waals surface area (Å²) in [7, 11) is 1.65. The fourth-order valence-corrected chi connectivity index (χ4v) is 2.63. The highest BCUT2D eigenvalue weighted by Gasteiger charge is 2.33. The van der Waals surface area contributed by atoms with Crippen LogP contribution in [-0.4, -0.2) is 27.1 Å². The molecule has 0 radical (unpaired) electrons. The first-order chi connectivity index (χ1) is 11.2. The minimum absolute atomic E-state index is 0.0876. The number of para-hydroxylation sites is 1. The van der Waals surface area contributed by atoms with E-state index in [0.717, 1.165) is 0 Å². The number of fused-ring (bicyclic) bond motifs is 1. The van der Waals surface area contributed by atoms with Crippen molar-refractivity contribution in [3.05, 3.63) is 46.2 Å². The van der Waals surface area contributed by atoms with E-state index >= 15 is 0 Å². The summed E-state index contributed by atoms with van der Waals surface area (Å²) in [5, 5.41) is 12.6. The Hall–Kier alpha value is -2.63. The summed E-state index contributed by atoms with van der Waals surface area (Å²) in [4.78, 5) is 36.0. The Morgan fingerprint density at radius 1 is 1.29 bits per heavy atom. The van der Waals surface area contributed by atoms with Gasteiger partial charge in [0.15, 0.2) is 0 Å². The standard InChI is InChI=1S/C18H22N2O4/c1-11(2)18(3,10-16(22)23)19-17(24)13-9-15(21)20(4)14-8-6-5-7-12(13)14/h5-9,11H,10H2,1-4H3,(H,19,24)(H,22,23). The number of benzene rings is 1. The molecule has 2 aromatic rings. The van der Waals surface area contributed by atoms with Crippen LogP contribution in [-0.2, 0) is 11.8 Å². The number of rotatable bonds is 5. The number of aliphatic carboxylic acids is 1. The van der Waals surface area contributed by atoms with Gasteiger partial charge in [-0.1, -0.05) is 32.0 Å². The van der Waals surface area contributed by atoms with Crippen LogP contribution in [0, 0.1) is 5.92 Å². The molecule has 0 bridgehead atoms. The summed E-state index contributed by atoms with van der Waals surface area (Å²) in [5.41, 5.74) is -0.292. The molecule has 0 aliphatic heterocycles. The van der Waals surface area contributed by atoms with Gasteiger partial charge in [0.2, 0.25) is 0 Å². The monoisotopic (exact) mass is 330 g/mol. The van der Waals surface area contributed by atoms with Crippen LogP contribution in [0.15, 0.2) is 35.1 Å². The minimum Gasteiger partial charge on any atom is -0.481 e. The van der Waals surface area contributed by atoms with Gasteiger partial charge in [0.1, 0.15) is 0 Å². The Morgan fingerprint density at radius 2 is 1.92 bits per heavy atom. The molecule has 0 fully saturated rings. The van der Waals surface area contributed by atoms with Crippen molar-refractivity contribution in [2.24, 2.45) is 13.0 Å². The topological polar surface area (TPSA) is 88.4 Å². The van der Waals surface area contributed by atoms with Crippen molar-refractivity contribution in [3.63, 3.8) is 0 Å². The number of amides is 1. The van der Waals surface area contributed by atoms with Gasteiger partial charge in [0.25, 0.3) is 11.5 Å². The van der Waals surface area contributed by atoms with Gasteiger partial charge in [-0.15, -0.1) is 0 Å². The highest BCUT2D eigenvalue weighted by atomic mass is 16.4. The summed E-state index contributed by atoms with van der Waals surface area (Å²) in [6.07, 6.45) is -0.195. The number of aryl methyl sites for hydroxylation is 1. The fraction of sp³-hybridized carbons (Fsp3) is 0.389. The molecule has 2 N–H and O–H groups in total. The molecule has 1 aromatic heterocycles. The average Bonchev–Trinajstić information content (AvgIpc) is 2.49. The zero-order valence-corrected chi connectivity index (χ0v) is 14.3. The first kappa shape index (κ1) is 17.7. The molecular weight excluding hydrogens is 308 g/mol. The SMILES string of the molecule is CC(C)C(C)(CC(=O)O)NC(=O)c1cc(=O)n(C)c2ccccc12. The van der Waals surface area contributed by atoms with Crippen LogP contribution in [0.5, 0.6) is 0 Å². The Balaban J connectivity index is 2.50. The number of aromatic nitrogens is 1. The number of nitrogens with one attached hydrogen (secondary N) is 1. The quantitative estimate of drug-likeness (QED) is 0.879. The third-order valence-corrected chi connectivity index (χ3v) is 4.59. The van der Waals surface area contributed by atoms with E-state index in [1.807, 2.05) is 13.8 Å². The molecule has 128 valence electrons. The van der Waals surface area contributed by atoms with E-state index in [4.69, 9.17) is 5.11 Å². The van der Waals surface area contributed by atoms with Gasteiger partial charge in [-0.3, -0.25) is 14.4 Å².